The van der Waals surface area contributed by atoms with Crippen molar-refractivity contribution in [2.24, 2.45) is 0 Å². The number of fused-ring (bicyclic) bond motifs is 10. The van der Waals surface area contributed by atoms with Crippen LogP contribution in [0.15, 0.2) is 144 Å². The van der Waals surface area contributed by atoms with Gasteiger partial charge in [0.1, 0.15) is 0 Å². The van der Waals surface area contributed by atoms with Gasteiger partial charge in [0.05, 0.1) is 37.9 Å². The van der Waals surface area contributed by atoms with Gasteiger partial charge in [0.15, 0.2) is 0 Å². The number of aromatic nitrogens is 2. The summed E-state index contributed by atoms with van der Waals surface area (Å²) in [6.07, 6.45) is 0. The topological polar surface area (TPSA) is 9.86 Å². The van der Waals surface area contributed by atoms with Crippen LogP contribution in [-0.4, -0.2) is 9.13 Å². The van der Waals surface area contributed by atoms with E-state index >= 15 is 0 Å². The number of rotatable bonds is 2. The first-order chi connectivity index (χ1) is 20.3. The Morgan fingerprint density at radius 1 is 0.341 bits per heavy atom. The summed E-state index contributed by atoms with van der Waals surface area (Å²) < 4.78 is 5.88. The van der Waals surface area contributed by atoms with Crippen molar-refractivity contribution < 1.29 is 0 Å². The normalized spacial score (nSPS) is 12.0. The lowest BCUT2D eigenvalue weighted by Gasteiger charge is -2.16. The molecule has 192 valence electrons. The molecule has 0 spiro atoms. The maximum atomic E-state index is 4.12. The Morgan fingerprint density at radius 2 is 0.756 bits per heavy atom. The first-order valence-electron chi connectivity index (χ1n) is 13.9. The lowest BCUT2D eigenvalue weighted by Crippen LogP contribution is -2.01. The van der Waals surface area contributed by atoms with Crippen LogP contribution in [0.25, 0.3) is 76.5 Å². The molecule has 2 heterocycles. The fraction of sp³-hybridized carbons (Fsp3) is 0. The van der Waals surface area contributed by atoms with E-state index in [-0.39, 0.29) is 0 Å². The van der Waals surface area contributed by atoms with E-state index < -0.39 is 0 Å². The van der Waals surface area contributed by atoms with Crippen molar-refractivity contribution in [1.29, 1.82) is 0 Å². The zero-order chi connectivity index (χ0) is 27.1. The second kappa shape index (κ2) is 8.57. The molecule has 9 rings (SSSR count). The Balaban J connectivity index is 1.40. The maximum Gasteiger partial charge on any atom is 0.0656 e. The van der Waals surface area contributed by atoms with Crippen LogP contribution >= 0.6 is 15.9 Å². The quantitative estimate of drug-likeness (QED) is 0.190. The van der Waals surface area contributed by atoms with Crippen LogP contribution in [0.4, 0.5) is 0 Å². The average Bonchev–Trinajstić information content (AvgIpc) is 3.55. The van der Waals surface area contributed by atoms with E-state index in [1.807, 2.05) is 0 Å². The molecule has 0 aliphatic rings. The van der Waals surface area contributed by atoms with Gasteiger partial charge >= 0.3 is 0 Å². The summed E-state index contributed by atoms with van der Waals surface area (Å²) in [6.45, 7) is 0. The maximum absolute atomic E-state index is 4.12. The molecule has 3 heteroatoms. The van der Waals surface area contributed by atoms with Crippen molar-refractivity contribution in [1.82, 2.24) is 9.13 Å². The van der Waals surface area contributed by atoms with Crippen LogP contribution in [0.3, 0.4) is 0 Å². The minimum absolute atomic E-state index is 1.06. The fourth-order valence-corrected chi connectivity index (χ4v) is 7.47. The van der Waals surface area contributed by atoms with E-state index in [0.29, 0.717) is 0 Å². The Kier molecular flexibility index (Phi) is 4.79. The van der Waals surface area contributed by atoms with Gasteiger partial charge in [-0.15, -0.1) is 0 Å². The molecule has 0 radical (unpaired) electrons. The molecule has 0 saturated heterocycles. The molecule has 41 heavy (non-hydrogen) atoms. The highest BCUT2D eigenvalue weighted by atomic mass is 79.9. The Hall–Kier alpha value is -4.86. The highest BCUT2D eigenvalue weighted by Crippen LogP contribution is 2.42. The lowest BCUT2D eigenvalue weighted by atomic mass is 10.0. The second-order valence-corrected chi connectivity index (χ2v) is 11.5. The van der Waals surface area contributed by atoms with E-state index in [1.54, 1.807) is 0 Å². The monoisotopic (exact) mass is 586 g/mol. The van der Waals surface area contributed by atoms with E-state index in [0.717, 1.165) is 15.8 Å². The predicted octanol–water partition coefficient (Wildman–Crippen LogP) is 10.9. The fourth-order valence-electron chi connectivity index (χ4n) is 6.85. The molecule has 0 saturated carbocycles. The zero-order valence-corrected chi connectivity index (χ0v) is 23.6. The molecule has 0 atom stereocenters. The lowest BCUT2D eigenvalue weighted by molar-refractivity contribution is 1.12. The second-order valence-electron chi connectivity index (χ2n) is 10.7. The van der Waals surface area contributed by atoms with Crippen LogP contribution in [0.1, 0.15) is 0 Å². The van der Waals surface area contributed by atoms with Gasteiger partial charge in [-0.2, -0.15) is 0 Å². The summed E-state index contributed by atoms with van der Waals surface area (Å²) in [4.78, 5) is 0. The van der Waals surface area contributed by atoms with E-state index in [1.165, 1.54) is 65.2 Å². The van der Waals surface area contributed by atoms with Gasteiger partial charge in [0.2, 0.25) is 0 Å². The SMILES string of the molecule is Brc1c(-n2c3ccccc3c3c4ccccc4ccc32)cccc1-n1c2ccccc2c2c3ccccc3ccc21. The summed E-state index contributed by atoms with van der Waals surface area (Å²) in [7, 11) is 0. The number of para-hydroxylation sites is 2. The Labute approximate surface area is 244 Å². The summed E-state index contributed by atoms with van der Waals surface area (Å²) >= 11 is 4.12. The first-order valence-corrected chi connectivity index (χ1v) is 14.7. The van der Waals surface area contributed by atoms with Gasteiger partial charge in [0, 0.05) is 21.5 Å². The molecular formula is C38H23BrN2. The number of hydrogen-bond donors (Lipinski definition) is 0. The highest BCUT2D eigenvalue weighted by Gasteiger charge is 2.20. The molecule has 0 unspecified atom stereocenters. The van der Waals surface area contributed by atoms with Crippen LogP contribution in [-0.2, 0) is 0 Å². The number of nitrogens with zero attached hydrogens (tertiary/aromatic N) is 2. The molecule has 7 aromatic carbocycles. The van der Waals surface area contributed by atoms with Gasteiger partial charge in [-0.1, -0.05) is 103 Å². The summed E-state index contributed by atoms with van der Waals surface area (Å²) in [5.41, 5.74) is 7.05. The molecule has 2 nitrogen and oxygen atoms in total. The summed E-state index contributed by atoms with van der Waals surface area (Å²) in [6, 6.07) is 50.5. The van der Waals surface area contributed by atoms with Crippen molar-refractivity contribution in [3.8, 4) is 11.4 Å². The number of halogens is 1. The summed E-state index contributed by atoms with van der Waals surface area (Å²) in [5, 5.41) is 10.2. The van der Waals surface area contributed by atoms with Gasteiger partial charge in [0.25, 0.3) is 0 Å². The van der Waals surface area contributed by atoms with Gasteiger partial charge in [-0.25, -0.2) is 0 Å². The standard InChI is InChI=1S/C38H23BrN2/c39-38-34(40-30-16-7-5-14-28(30)36-26-12-3-1-10-24(26)20-22-32(36)40)18-9-19-35(38)41-31-17-8-6-15-29(31)37-27-13-4-2-11-25(27)21-23-33(37)41/h1-23H. The highest BCUT2D eigenvalue weighted by molar-refractivity contribution is 9.10. The van der Waals surface area contributed by atoms with E-state index in [2.05, 4.69) is 165 Å². The third-order valence-corrected chi connectivity index (χ3v) is 9.38. The van der Waals surface area contributed by atoms with Crippen molar-refractivity contribution in [2.75, 3.05) is 0 Å². The minimum Gasteiger partial charge on any atom is -0.308 e. The molecule has 9 aromatic rings. The molecule has 0 aliphatic heterocycles. The molecule has 2 aromatic heterocycles. The molecule has 0 fully saturated rings. The van der Waals surface area contributed by atoms with Crippen molar-refractivity contribution in [2.45, 2.75) is 0 Å². The van der Waals surface area contributed by atoms with Crippen LogP contribution in [0, 0.1) is 0 Å². The smallest absolute Gasteiger partial charge is 0.0656 e. The molecule has 0 amide bonds. The molecular weight excluding hydrogens is 564 g/mol. The van der Waals surface area contributed by atoms with Crippen molar-refractivity contribution >= 4 is 81.1 Å². The number of benzene rings is 7. The van der Waals surface area contributed by atoms with Gasteiger partial charge < -0.3 is 9.13 Å². The average molecular weight is 588 g/mol. The Bertz CT molecular complexity index is 2320. The molecule has 0 bridgehead atoms. The third kappa shape index (κ3) is 3.12. The van der Waals surface area contributed by atoms with Crippen LogP contribution < -0.4 is 0 Å². The molecule has 0 N–H and O–H groups in total. The van der Waals surface area contributed by atoms with Gasteiger partial charge in [-0.05, 0) is 73.9 Å². The largest absolute Gasteiger partial charge is 0.308 e. The van der Waals surface area contributed by atoms with E-state index in [9.17, 15) is 0 Å². The Morgan fingerprint density at radius 3 is 1.24 bits per heavy atom. The van der Waals surface area contributed by atoms with Crippen LogP contribution in [0.5, 0.6) is 0 Å². The zero-order valence-electron chi connectivity index (χ0n) is 22.1. The van der Waals surface area contributed by atoms with Crippen LogP contribution in [0.2, 0.25) is 0 Å². The predicted molar refractivity (Wildman–Crippen MR) is 178 cm³/mol. The van der Waals surface area contributed by atoms with Crippen molar-refractivity contribution in [3.05, 3.63) is 144 Å². The first kappa shape index (κ1) is 22.9. The summed E-state index contributed by atoms with van der Waals surface area (Å²) in [5.74, 6) is 0. The third-order valence-electron chi connectivity index (χ3n) is 8.56. The van der Waals surface area contributed by atoms with Gasteiger partial charge in [-0.3, -0.25) is 0 Å². The van der Waals surface area contributed by atoms with Crippen molar-refractivity contribution in [3.63, 3.8) is 0 Å². The molecule has 0 aliphatic carbocycles. The van der Waals surface area contributed by atoms with E-state index in [4.69, 9.17) is 0 Å². The number of hydrogen-bond acceptors (Lipinski definition) is 0. The minimum atomic E-state index is 1.06.